The molecule has 0 bridgehead atoms. The molecule has 1 unspecified atom stereocenters. The van der Waals surface area contributed by atoms with Gasteiger partial charge in [0.15, 0.2) is 0 Å². The smallest absolute Gasteiger partial charge is 0.307 e. The van der Waals surface area contributed by atoms with Crippen LogP contribution in [0.2, 0.25) is 5.02 Å². The van der Waals surface area contributed by atoms with Gasteiger partial charge in [0.25, 0.3) is 0 Å². The van der Waals surface area contributed by atoms with Gasteiger partial charge in [0.1, 0.15) is 0 Å². The monoisotopic (exact) mass is 269 g/mol. The summed E-state index contributed by atoms with van der Waals surface area (Å²) in [6, 6.07) is 7.55. The first-order chi connectivity index (χ1) is 8.49. The molecule has 1 rings (SSSR count). The summed E-state index contributed by atoms with van der Waals surface area (Å²) in [5, 5.41) is 13.0. The van der Waals surface area contributed by atoms with E-state index in [1.54, 1.807) is 0 Å². The lowest BCUT2D eigenvalue weighted by Gasteiger charge is -2.15. The summed E-state index contributed by atoms with van der Waals surface area (Å²) >= 11 is 5.80. The normalized spacial score (nSPS) is 12.7. The van der Waals surface area contributed by atoms with Gasteiger partial charge in [-0.1, -0.05) is 37.6 Å². The van der Waals surface area contributed by atoms with E-state index in [4.69, 9.17) is 16.7 Å². The first kappa shape index (κ1) is 15.0. The molecule has 3 nitrogen and oxygen atoms in total. The van der Waals surface area contributed by atoms with Crippen molar-refractivity contribution in [2.75, 3.05) is 6.54 Å². The van der Waals surface area contributed by atoms with Gasteiger partial charge in [0, 0.05) is 18.1 Å². The SMILES string of the molecule is CC(C)CC(CNCc1ccc(Cl)cc1)C(=O)O. The number of benzene rings is 1. The third kappa shape index (κ3) is 5.52. The van der Waals surface area contributed by atoms with E-state index in [0.717, 1.165) is 5.56 Å². The molecular weight excluding hydrogens is 250 g/mol. The summed E-state index contributed by atoms with van der Waals surface area (Å²) in [5.41, 5.74) is 1.10. The molecular formula is C14H20ClNO2. The predicted octanol–water partition coefficient (Wildman–Crippen LogP) is 3.18. The second kappa shape index (κ2) is 7.39. The minimum atomic E-state index is -0.729. The molecule has 0 aliphatic rings. The highest BCUT2D eigenvalue weighted by Gasteiger charge is 2.18. The van der Waals surface area contributed by atoms with Gasteiger partial charge in [-0.15, -0.1) is 0 Å². The van der Waals surface area contributed by atoms with E-state index in [-0.39, 0.29) is 5.92 Å². The molecule has 100 valence electrons. The Morgan fingerprint density at radius 3 is 2.44 bits per heavy atom. The van der Waals surface area contributed by atoms with Crippen molar-refractivity contribution in [3.05, 3.63) is 34.9 Å². The number of hydrogen-bond donors (Lipinski definition) is 2. The van der Waals surface area contributed by atoms with Crippen LogP contribution in [0.4, 0.5) is 0 Å². The summed E-state index contributed by atoms with van der Waals surface area (Å²) < 4.78 is 0. The number of rotatable bonds is 7. The van der Waals surface area contributed by atoms with E-state index < -0.39 is 5.97 Å². The molecule has 2 N–H and O–H groups in total. The molecule has 0 spiro atoms. The number of nitrogens with one attached hydrogen (secondary N) is 1. The molecule has 0 aliphatic carbocycles. The fourth-order valence-corrected chi connectivity index (χ4v) is 1.96. The van der Waals surface area contributed by atoms with Gasteiger partial charge in [-0.25, -0.2) is 0 Å². The molecule has 1 aromatic rings. The number of carbonyl (C=O) groups is 1. The van der Waals surface area contributed by atoms with Crippen LogP contribution in [0, 0.1) is 11.8 Å². The highest BCUT2D eigenvalue weighted by atomic mass is 35.5. The van der Waals surface area contributed by atoms with E-state index in [2.05, 4.69) is 5.32 Å². The maximum Gasteiger partial charge on any atom is 0.307 e. The minimum Gasteiger partial charge on any atom is -0.481 e. The zero-order valence-electron chi connectivity index (χ0n) is 10.8. The van der Waals surface area contributed by atoms with Crippen molar-refractivity contribution in [2.45, 2.75) is 26.8 Å². The Morgan fingerprint density at radius 1 is 1.33 bits per heavy atom. The highest BCUT2D eigenvalue weighted by Crippen LogP contribution is 2.12. The Hall–Kier alpha value is -1.06. The maximum atomic E-state index is 11.1. The van der Waals surface area contributed by atoms with Crippen molar-refractivity contribution in [1.29, 1.82) is 0 Å². The van der Waals surface area contributed by atoms with Crippen LogP contribution >= 0.6 is 11.6 Å². The zero-order valence-corrected chi connectivity index (χ0v) is 11.6. The summed E-state index contributed by atoms with van der Waals surface area (Å²) in [5.74, 6) is -0.659. The Bertz CT molecular complexity index is 376. The van der Waals surface area contributed by atoms with Crippen LogP contribution in [0.25, 0.3) is 0 Å². The lowest BCUT2D eigenvalue weighted by molar-refractivity contribution is -0.142. The quantitative estimate of drug-likeness (QED) is 0.799. The van der Waals surface area contributed by atoms with Crippen molar-refractivity contribution in [1.82, 2.24) is 5.32 Å². The Morgan fingerprint density at radius 2 is 1.94 bits per heavy atom. The zero-order chi connectivity index (χ0) is 13.5. The van der Waals surface area contributed by atoms with Gasteiger partial charge >= 0.3 is 5.97 Å². The molecule has 1 atom stereocenters. The number of hydrogen-bond acceptors (Lipinski definition) is 2. The van der Waals surface area contributed by atoms with Gasteiger partial charge < -0.3 is 10.4 Å². The van der Waals surface area contributed by atoms with Crippen molar-refractivity contribution in [3.8, 4) is 0 Å². The average molecular weight is 270 g/mol. The standard InChI is InChI=1S/C14H20ClNO2/c1-10(2)7-12(14(17)18)9-16-8-11-3-5-13(15)6-4-11/h3-6,10,12,16H,7-9H2,1-2H3,(H,17,18). The molecule has 18 heavy (non-hydrogen) atoms. The van der Waals surface area contributed by atoms with Crippen LogP contribution in [0.3, 0.4) is 0 Å². The van der Waals surface area contributed by atoms with Crippen LogP contribution in [-0.2, 0) is 11.3 Å². The summed E-state index contributed by atoms with van der Waals surface area (Å²) in [7, 11) is 0. The number of aliphatic carboxylic acids is 1. The first-order valence-corrected chi connectivity index (χ1v) is 6.54. The van der Waals surface area contributed by atoms with E-state index >= 15 is 0 Å². The van der Waals surface area contributed by atoms with Crippen LogP contribution in [0.5, 0.6) is 0 Å². The Kier molecular flexibility index (Phi) is 6.16. The van der Waals surface area contributed by atoms with E-state index in [9.17, 15) is 4.79 Å². The largest absolute Gasteiger partial charge is 0.481 e. The topological polar surface area (TPSA) is 49.3 Å². The molecule has 4 heteroatoms. The molecule has 0 aromatic heterocycles. The Balaban J connectivity index is 2.38. The third-order valence-electron chi connectivity index (χ3n) is 2.74. The minimum absolute atomic E-state index is 0.322. The van der Waals surface area contributed by atoms with Gasteiger partial charge in [0.05, 0.1) is 5.92 Å². The van der Waals surface area contributed by atoms with Gasteiger partial charge in [-0.3, -0.25) is 4.79 Å². The van der Waals surface area contributed by atoms with Crippen LogP contribution in [0.1, 0.15) is 25.8 Å². The molecule has 0 amide bonds. The summed E-state index contributed by atoms with van der Waals surface area (Å²) in [6.45, 7) is 5.24. The Labute approximate surface area is 113 Å². The van der Waals surface area contributed by atoms with Crippen LogP contribution in [-0.4, -0.2) is 17.6 Å². The fourth-order valence-electron chi connectivity index (χ4n) is 1.83. The van der Waals surface area contributed by atoms with Crippen molar-refractivity contribution < 1.29 is 9.90 Å². The maximum absolute atomic E-state index is 11.1. The molecule has 0 fully saturated rings. The van der Waals surface area contributed by atoms with Gasteiger partial charge in [-0.05, 0) is 30.0 Å². The lowest BCUT2D eigenvalue weighted by atomic mass is 9.97. The van der Waals surface area contributed by atoms with Crippen molar-refractivity contribution >= 4 is 17.6 Å². The van der Waals surface area contributed by atoms with E-state index in [1.165, 1.54) is 0 Å². The second-order valence-electron chi connectivity index (χ2n) is 4.92. The lowest BCUT2D eigenvalue weighted by Crippen LogP contribution is -2.29. The van der Waals surface area contributed by atoms with Crippen molar-refractivity contribution in [2.24, 2.45) is 11.8 Å². The third-order valence-corrected chi connectivity index (χ3v) is 2.99. The average Bonchev–Trinajstić information content (AvgIpc) is 2.29. The van der Waals surface area contributed by atoms with E-state index in [0.29, 0.717) is 30.5 Å². The molecule has 0 saturated heterocycles. The summed E-state index contributed by atoms with van der Waals surface area (Å²) in [6.07, 6.45) is 0.697. The molecule has 0 heterocycles. The van der Waals surface area contributed by atoms with Gasteiger partial charge in [0.2, 0.25) is 0 Å². The highest BCUT2D eigenvalue weighted by molar-refractivity contribution is 6.30. The first-order valence-electron chi connectivity index (χ1n) is 6.17. The molecule has 0 saturated carbocycles. The van der Waals surface area contributed by atoms with Crippen LogP contribution in [0.15, 0.2) is 24.3 Å². The number of carboxylic acid groups (broad SMARTS) is 1. The van der Waals surface area contributed by atoms with E-state index in [1.807, 2.05) is 38.1 Å². The number of halogens is 1. The fraction of sp³-hybridized carbons (Fsp3) is 0.500. The second-order valence-corrected chi connectivity index (χ2v) is 5.36. The molecule has 1 aromatic carbocycles. The molecule has 0 radical (unpaired) electrons. The molecule has 0 aliphatic heterocycles. The van der Waals surface area contributed by atoms with Gasteiger partial charge in [-0.2, -0.15) is 0 Å². The van der Waals surface area contributed by atoms with Crippen LogP contribution < -0.4 is 5.32 Å². The number of carboxylic acids is 1. The van der Waals surface area contributed by atoms with Crippen molar-refractivity contribution in [3.63, 3.8) is 0 Å². The predicted molar refractivity (Wildman–Crippen MR) is 73.7 cm³/mol. The summed E-state index contributed by atoms with van der Waals surface area (Å²) in [4.78, 5) is 11.1.